The number of ether oxygens (including phenoxy) is 1. The number of amidine groups is 1. The van der Waals surface area contributed by atoms with Gasteiger partial charge in [0.25, 0.3) is 5.56 Å². The molecule has 2 heterocycles. The van der Waals surface area contributed by atoms with Crippen LogP contribution in [0.3, 0.4) is 0 Å². The van der Waals surface area contributed by atoms with Gasteiger partial charge in [0.2, 0.25) is 0 Å². The number of aryl methyl sites for hydroxylation is 3. The zero-order valence-electron chi connectivity index (χ0n) is 16.0. The van der Waals surface area contributed by atoms with Gasteiger partial charge in [-0.3, -0.25) is 4.79 Å². The number of carbonyl (C=O) groups excluding carboxylic acids is 1. The van der Waals surface area contributed by atoms with Crippen LogP contribution in [0.15, 0.2) is 28.0 Å². The number of rotatable bonds is 4. The number of nitrogens with two attached hydrogens (primary N) is 1. The molecule has 0 unspecified atom stereocenters. The minimum Gasteiger partial charge on any atom is -0.465 e. The Morgan fingerprint density at radius 2 is 2.07 bits per heavy atom. The summed E-state index contributed by atoms with van der Waals surface area (Å²) in [5, 5.41) is 0.791. The third kappa shape index (κ3) is 4.10. The van der Waals surface area contributed by atoms with E-state index in [1.165, 1.54) is 24.4 Å². The molecule has 9 heteroatoms. The van der Waals surface area contributed by atoms with Crippen LogP contribution in [-0.2, 0) is 10.5 Å². The molecule has 0 aliphatic carbocycles. The van der Waals surface area contributed by atoms with Crippen LogP contribution < -0.4 is 11.3 Å². The fourth-order valence-electron chi connectivity index (χ4n) is 2.64. The summed E-state index contributed by atoms with van der Waals surface area (Å²) in [5.41, 5.74) is 9.42. The van der Waals surface area contributed by atoms with Crippen LogP contribution in [0.5, 0.6) is 0 Å². The average Bonchev–Trinajstić information content (AvgIpc) is 2.99. The van der Waals surface area contributed by atoms with E-state index >= 15 is 0 Å². The van der Waals surface area contributed by atoms with E-state index in [0.717, 1.165) is 22.6 Å². The zero-order chi connectivity index (χ0) is 20.4. The molecular weight excluding hydrogens is 396 g/mol. The SMILES string of the molecule is COC(=O)c1sc2nc(CSC(N)=Nc3ccc(C)c(C)c3)[nH]c(=O)c2c1C. The molecule has 3 N–H and O–H groups in total. The molecule has 1 aromatic carbocycles. The van der Waals surface area contributed by atoms with Gasteiger partial charge in [0, 0.05) is 0 Å². The maximum Gasteiger partial charge on any atom is 0.348 e. The summed E-state index contributed by atoms with van der Waals surface area (Å²) in [6, 6.07) is 5.87. The molecule has 0 aliphatic heterocycles. The molecule has 28 heavy (non-hydrogen) atoms. The number of methoxy groups -OCH3 is 1. The molecule has 0 saturated carbocycles. The molecule has 7 nitrogen and oxygen atoms in total. The molecule has 0 bridgehead atoms. The number of aromatic amines is 1. The summed E-state index contributed by atoms with van der Waals surface area (Å²) in [6.45, 7) is 5.77. The number of esters is 1. The van der Waals surface area contributed by atoms with Crippen LogP contribution in [-0.4, -0.2) is 28.2 Å². The van der Waals surface area contributed by atoms with E-state index in [1.54, 1.807) is 6.92 Å². The van der Waals surface area contributed by atoms with Crippen molar-refractivity contribution >= 4 is 50.1 Å². The highest BCUT2D eigenvalue weighted by atomic mass is 32.2. The summed E-state index contributed by atoms with van der Waals surface area (Å²) < 4.78 is 4.76. The quantitative estimate of drug-likeness (QED) is 0.382. The van der Waals surface area contributed by atoms with Crippen molar-refractivity contribution in [3.63, 3.8) is 0 Å². The van der Waals surface area contributed by atoms with Gasteiger partial charge in [0.15, 0.2) is 5.17 Å². The number of carbonyl (C=O) groups is 1. The summed E-state index contributed by atoms with van der Waals surface area (Å²) in [7, 11) is 1.31. The Kier molecular flexibility index (Phi) is 5.85. The second kappa shape index (κ2) is 8.15. The molecule has 0 spiro atoms. The number of benzene rings is 1. The van der Waals surface area contributed by atoms with Gasteiger partial charge >= 0.3 is 5.97 Å². The predicted octanol–water partition coefficient (Wildman–Crippen LogP) is 3.58. The van der Waals surface area contributed by atoms with Crippen molar-refractivity contribution in [1.29, 1.82) is 0 Å². The summed E-state index contributed by atoms with van der Waals surface area (Å²) in [5.74, 6) is 0.356. The fourth-order valence-corrected chi connectivity index (χ4v) is 4.35. The van der Waals surface area contributed by atoms with Crippen LogP contribution in [0.4, 0.5) is 5.69 Å². The van der Waals surface area contributed by atoms with Crippen LogP contribution in [0.2, 0.25) is 0 Å². The maximum absolute atomic E-state index is 12.4. The van der Waals surface area contributed by atoms with Gasteiger partial charge in [-0.2, -0.15) is 0 Å². The summed E-state index contributed by atoms with van der Waals surface area (Å²) >= 11 is 2.43. The highest BCUT2D eigenvalue weighted by Gasteiger charge is 2.19. The normalized spacial score (nSPS) is 11.8. The van der Waals surface area contributed by atoms with Crippen LogP contribution in [0.25, 0.3) is 10.2 Å². The summed E-state index contributed by atoms with van der Waals surface area (Å²) in [4.78, 5) is 36.8. The fraction of sp³-hybridized carbons (Fsp3) is 0.263. The van der Waals surface area contributed by atoms with E-state index in [4.69, 9.17) is 10.5 Å². The molecular formula is C19H20N4O3S2. The number of nitrogens with one attached hydrogen (secondary N) is 1. The number of aliphatic imine (C=N–C) groups is 1. The van der Waals surface area contributed by atoms with Crippen LogP contribution >= 0.6 is 23.1 Å². The van der Waals surface area contributed by atoms with Crippen LogP contribution in [0, 0.1) is 20.8 Å². The molecule has 0 amide bonds. The van der Waals surface area contributed by atoms with Crippen molar-refractivity contribution in [2.75, 3.05) is 7.11 Å². The Morgan fingerprint density at radius 3 is 2.75 bits per heavy atom. The lowest BCUT2D eigenvalue weighted by Gasteiger charge is -2.04. The van der Waals surface area contributed by atoms with Crippen LogP contribution in [0.1, 0.15) is 32.2 Å². The number of aromatic nitrogens is 2. The maximum atomic E-state index is 12.4. The van der Waals surface area contributed by atoms with E-state index < -0.39 is 5.97 Å². The van der Waals surface area contributed by atoms with Crippen molar-refractivity contribution in [3.05, 3.63) is 55.9 Å². The minimum absolute atomic E-state index is 0.283. The van der Waals surface area contributed by atoms with Crippen molar-refractivity contribution in [2.24, 2.45) is 10.7 Å². The minimum atomic E-state index is -0.472. The molecule has 0 atom stereocenters. The van der Waals surface area contributed by atoms with Gasteiger partial charge in [-0.15, -0.1) is 11.3 Å². The van der Waals surface area contributed by atoms with Gasteiger partial charge in [-0.1, -0.05) is 17.8 Å². The molecule has 0 fully saturated rings. The third-order valence-electron chi connectivity index (χ3n) is 4.31. The average molecular weight is 417 g/mol. The summed E-state index contributed by atoms with van der Waals surface area (Å²) in [6.07, 6.45) is 0. The lowest BCUT2D eigenvalue weighted by atomic mass is 10.1. The van der Waals surface area contributed by atoms with Gasteiger partial charge in [0.1, 0.15) is 15.5 Å². The molecule has 0 aliphatic rings. The monoisotopic (exact) mass is 416 g/mol. The zero-order valence-corrected chi connectivity index (χ0v) is 17.6. The Morgan fingerprint density at radius 1 is 1.32 bits per heavy atom. The van der Waals surface area contributed by atoms with E-state index in [0.29, 0.717) is 37.4 Å². The third-order valence-corrected chi connectivity index (χ3v) is 6.28. The van der Waals surface area contributed by atoms with E-state index in [1.807, 2.05) is 32.0 Å². The Labute approximate surface area is 170 Å². The van der Waals surface area contributed by atoms with Gasteiger partial charge in [-0.25, -0.2) is 14.8 Å². The second-order valence-corrected chi connectivity index (χ2v) is 8.24. The topological polar surface area (TPSA) is 110 Å². The van der Waals surface area contributed by atoms with Crippen molar-refractivity contribution in [3.8, 4) is 0 Å². The highest BCUT2D eigenvalue weighted by Crippen LogP contribution is 2.28. The van der Waals surface area contributed by atoms with Crippen molar-refractivity contribution < 1.29 is 9.53 Å². The number of nitrogens with zero attached hydrogens (tertiary/aromatic N) is 2. The van der Waals surface area contributed by atoms with Gasteiger partial charge in [0.05, 0.1) is 23.9 Å². The molecule has 3 aromatic rings. The van der Waals surface area contributed by atoms with Crippen molar-refractivity contribution in [2.45, 2.75) is 26.5 Å². The second-order valence-electron chi connectivity index (χ2n) is 6.25. The highest BCUT2D eigenvalue weighted by molar-refractivity contribution is 8.13. The largest absolute Gasteiger partial charge is 0.465 e. The Bertz CT molecular complexity index is 1150. The first kappa shape index (κ1) is 20.1. The van der Waals surface area contributed by atoms with Gasteiger partial charge in [-0.05, 0) is 49.6 Å². The standard InChI is InChI=1S/C19H20N4O3S2/c1-9-5-6-12(7-10(9)2)21-19(20)27-8-13-22-16(24)14-11(3)15(18(25)26-4)28-17(14)23-13/h5-7H,8H2,1-4H3,(H2,20,21)(H,22,23,24). The van der Waals surface area contributed by atoms with Gasteiger partial charge < -0.3 is 15.5 Å². The number of hydrogen-bond donors (Lipinski definition) is 2. The first-order valence-corrected chi connectivity index (χ1v) is 10.2. The number of thiophene rings is 1. The van der Waals surface area contributed by atoms with E-state index in [2.05, 4.69) is 15.0 Å². The lowest BCUT2D eigenvalue weighted by Crippen LogP contribution is -2.13. The van der Waals surface area contributed by atoms with E-state index in [-0.39, 0.29) is 5.56 Å². The molecule has 0 radical (unpaired) electrons. The Hall–Kier alpha value is -2.65. The first-order chi connectivity index (χ1) is 13.3. The predicted molar refractivity (Wildman–Crippen MR) is 115 cm³/mol. The number of fused-ring (bicyclic) bond motifs is 1. The smallest absolute Gasteiger partial charge is 0.348 e. The number of thioether (sulfide) groups is 1. The molecule has 0 saturated heterocycles. The lowest BCUT2D eigenvalue weighted by molar-refractivity contribution is 0.0605. The Balaban J connectivity index is 1.82. The van der Waals surface area contributed by atoms with E-state index in [9.17, 15) is 9.59 Å². The molecule has 146 valence electrons. The van der Waals surface area contributed by atoms with Crippen molar-refractivity contribution in [1.82, 2.24) is 9.97 Å². The number of hydrogen-bond acceptors (Lipinski definition) is 7. The first-order valence-electron chi connectivity index (χ1n) is 8.45. The molecule has 2 aromatic heterocycles. The molecule has 3 rings (SSSR count). The number of H-pyrrole nitrogens is 1.